The Morgan fingerprint density at radius 2 is 1.55 bits per heavy atom. The fourth-order valence-corrected chi connectivity index (χ4v) is 3.10. The van der Waals surface area contributed by atoms with E-state index in [1.54, 1.807) is 7.11 Å². The van der Waals surface area contributed by atoms with Gasteiger partial charge in [-0.05, 0) is 36.8 Å². The second kappa shape index (κ2) is 7.88. The van der Waals surface area contributed by atoms with Crippen molar-refractivity contribution in [1.82, 2.24) is 0 Å². The Morgan fingerprint density at radius 1 is 0.900 bits per heavy atom. The summed E-state index contributed by atoms with van der Waals surface area (Å²) in [7, 11) is 0.683. The minimum absolute atomic E-state index is 0.648. The van der Waals surface area contributed by atoms with Gasteiger partial charge in [-0.1, -0.05) is 30.3 Å². The zero-order valence-electron chi connectivity index (χ0n) is 11.8. The highest BCUT2D eigenvalue weighted by atomic mass is 31.2. The molecule has 0 aliphatic rings. The zero-order valence-corrected chi connectivity index (χ0v) is 12.7. The summed E-state index contributed by atoms with van der Waals surface area (Å²) in [4.78, 5) is 0. The monoisotopic (exact) mass is 290 g/mol. The number of methoxy groups -OCH3 is 1. The molecule has 2 rings (SSSR count). The molecule has 3 nitrogen and oxygen atoms in total. The van der Waals surface area contributed by atoms with Crippen LogP contribution in [0.15, 0.2) is 54.6 Å². The minimum Gasteiger partial charge on any atom is -0.497 e. The summed E-state index contributed by atoms with van der Waals surface area (Å²) >= 11 is 0. The normalized spacial score (nSPS) is 11.9. The van der Waals surface area contributed by atoms with Crippen LogP contribution in [0.3, 0.4) is 0 Å². The van der Waals surface area contributed by atoms with Crippen LogP contribution in [0.5, 0.6) is 11.5 Å². The first kappa shape index (κ1) is 14.8. The van der Waals surface area contributed by atoms with Crippen molar-refractivity contribution in [2.45, 2.75) is 13.1 Å². The van der Waals surface area contributed by atoms with Gasteiger partial charge in [0.1, 0.15) is 11.5 Å². The van der Waals surface area contributed by atoms with Gasteiger partial charge in [0.15, 0.2) is 0 Å². The lowest BCUT2D eigenvalue weighted by molar-refractivity contribution is 0.332. The predicted molar refractivity (Wildman–Crippen MR) is 82.3 cm³/mol. The van der Waals surface area contributed by atoms with Crippen molar-refractivity contribution in [3.8, 4) is 11.5 Å². The Balaban J connectivity index is 2.00. The molecule has 0 saturated heterocycles. The molecular weight excluding hydrogens is 271 g/mol. The van der Waals surface area contributed by atoms with Crippen LogP contribution in [0.2, 0.25) is 0 Å². The number of hydrogen-bond donors (Lipinski definition) is 0. The average Bonchev–Trinajstić information content (AvgIpc) is 2.49. The summed E-state index contributed by atoms with van der Waals surface area (Å²) in [6.45, 7) is 2.63. The topological polar surface area (TPSA) is 27.7 Å². The van der Waals surface area contributed by atoms with Crippen LogP contribution in [0, 0.1) is 0 Å². The van der Waals surface area contributed by atoms with E-state index >= 15 is 0 Å². The first-order chi connectivity index (χ1) is 9.81. The maximum Gasteiger partial charge on any atom is 0.234 e. The molecule has 2 aromatic rings. The maximum absolute atomic E-state index is 5.95. The highest BCUT2D eigenvalue weighted by Crippen LogP contribution is 2.42. The van der Waals surface area contributed by atoms with Crippen LogP contribution in [-0.4, -0.2) is 13.7 Å². The summed E-state index contributed by atoms with van der Waals surface area (Å²) in [6, 6.07) is 17.8. The third-order valence-electron chi connectivity index (χ3n) is 2.69. The fraction of sp³-hybridized carbons (Fsp3) is 0.250. The molecule has 20 heavy (non-hydrogen) atoms. The Labute approximate surface area is 121 Å². The first-order valence-electron chi connectivity index (χ1n) is 6.58. The van der Waals surface area contributed by atoms with Crippen LogP contribution >= 0.6 is 8.38 Å². The number of hydrogen-bond acceptors (Lipinski definition) is 3. The van der Waals surface area contributed by atoms with Gasteiger partial charge >= 0.3 is 0 Å². The van der Waals surface area contributed by atoms with Crippen molar-refractivity contribution in [3.05, 3.63) is 60.2 Å². The molecular formula is C16H19O3P. The van der Waals surface area contributed by atoms with E-state index in [0.717, 1.165) is 17.7 Å². The van der Waals surface area contributed by atoms with Crippen molar-refractivity contribution in [2.75, 3.05) is 13.7 Å². The quantitative estimate of drug-likeness (QED) is 0.696. The number of benzene rings is 2. The predicted octanol–water partition coefficient (Wildman–Crippen LogP) is 4.62. The van der Waals surface area contributed by atoms with E-state index in [1.807, 2.05) is 49.4 Å². The average molecular weight is 290 g/mol. The van der Waals surface area contributed by atoms with Crippen molar-refractivity contribution in [2.24, 2.45) is 0 Å². The second-order valence-electron chi connectivity index (χ2n) is 4.16. The number of rotatable bonds is 7. The molecule has 0 N–H and O–H groups in total. The molecule has 2 aromatic carbocycles. The molecule has 0 radical (unpaired) electrons. The van der Waals surface area contributed by atoms with E-state index in [2.05, 4.69) is 12.1 Å². The standard InChI is InChI=1S/C16H19O3P/c1-3-18-20(13-14-7-5-4-6-8-14)19-16-11-9-15(17-2)10-12-16/h4-12H,3,13H2,1-2H3. The second-order valence-corrected chi connectivity index (χ2v) is 5.58. The van der Waals surface area contributed by atoms with Crippen LogP contribution < -0.4 is 9.26 Å². The van der Waals surface area contributed by atoms with E-state index in [1.165, 1.54) is 5.56 Å². The molecule has 0 saturated carbocycles. The zero-order chi connectivity index (χ0) is 14.2. The van der Waals surface area contributed by atoms with Gasteiger partial charge in [-0.25, -0.2) is 0 Å². The Bertz CT molecular complexity index is 499. The Morgan fingerprint density at radius 3 is 2.15 bits per heavy atom. The maximum atomic E-state index is 5.95. The molecule has 0 bridgehead atoms. The summed E-state index contributed by atoms with van der Waals surface area (Å²) in [5.74, 6) is 1.63. The van der Waals surface area contributed by atoms with Crippen LogP contribution in [0.25, 0.3) is 0 Å². The van der Waals surface area contributed by atoms with Crippen molar-refractivity contribution >= 4 is 8.38 Å². The third kappa shape index (κ3) is 4.52. The summed E-state index contributed by atoms with van der Waals surface area (Å²) < 4.78 is 16.8. The molecule has 0 fully saturated rings. The SMILES string of the molecule is CCOP(Cc1ccccc1)Oc1ccc(OC)cc1. The Kier molecular flexibility index (Phi) is 5.85. The Hall–Kier alpha value is -1.57. The van der Waals surface area contributed by atoms with E-state index in [4.69, 9.17) is 13.8 Å². The van der Waals surface area contributed by atoms with Gasteiger partial charge in [0.2, 0.25) is 8.38 Å². The largest absolute Gasteiger partial charge is 0.497 e. The van der Waals surface area contributed by atoms with Crippen molar-refractivity contribution in [1.29, 1.82) is 0 Å². The molecule has 1 unspecified atom stereocenters. The van der Waals surface area contributed by atoms with E-state index in [-0.39, 0.29) is 0 Å². The first-order valence-corrected chi connectivity index (χ1v) is 7.94. The van der Waals surface area contributed by atoms with Gasteiger partial charge in [0.25, 0.3) is 0 Å². The van der Waals surface area contributed by atoms with E-state index < -0.39 is 8.38 Å². The van der Waals surface area contributed by atoms with Gasteiger partial charge in [-0.15, -0.1) is 0 Å². The lowest BCUT2D eigenvalue weighted by atomic mass is 10.2. The molecule has 0 heterocycles. The van der Waals surface area contributed by atoms with Gasteiger partial charge in [0, 0.05) is 0 Å². The van der Waals surface area contributed by atoms with Gasteiger partial charge in [-0.2, -0.15) is 0 Å². The summed E-state index contributed by atoms with van der Waals surface area (Å²) in [5, 5.41) is 0. The molecule has 1 atom stereocenters. The lowest BCUT2D eigenvalue weighted by Gasteiger charge is -2.17. The molecule has 0 amide bonds. The van der Waals surface area contributed by atoms with Crippen LogP contribution in [-0.2, 0) is 10.7 Å². The number of ether oxygens (including phenoxy) is 1. The van der Waals surface area contributed by atoms with Gasteiger partial charge in [0.05, 0.1) is 19.9 Å². The van der Waals surface area contributed by atoms with E-state index in [0.29, 0.717) is 6.61 Å². The van der Waals surface area contributed by atoms with E-state index in [9.17, 15) is 0 Å². The highest BCUT2D eigenvalue weighted by Gasteiger charge is 2.13. The smallest absolute Gasteiger partial charge is 0.234 e. The minimum atomic E-state index is -0.968. The molecule has 0 aromatic heterocycles. The van der Waals surface area contributed by atoms with Crippen molar-refractivity contribution in [3.63, 3.8) is 0 Å². The molecule has 0 aliphatic carbocycles. The molecule has 0 spiro atoms. The van der Waals surface area contributed by atoms with Crippen LogP contribution in [0.1, 0.15) is 12.5 Å². The molecule has 4 heteroatoms. The lowest BCUT2D eigenvalue weighted by Crippen LogP contribution is -1.96. The van der Waals surface area contributed by atoms with Crippen LogP contribution in [0.4, 0.5) is 0 Å². The fourth-order valence-electron chi connectivity index (χ4n) is 1.73. The summed E-state index contributed by atoms with van der Waals surface area (Å²) in [6.07, 6.45) is 0.788. The van der Waals surface area contributed by atoms with Gasteiger partial charge < -0.3 is 13.8 Å². The molecule has 106 valence electrons. The summed E-state index contributed by atoms with van der Waals surface area (Å²) in [5.41, 5.74) is 1.22. The third-order valence-corrected chi connectivity index (χ3v) is 4.28. The van der Waals surface area contributed by atoms with Gasteiger partial charge in [-0.3, -0.25) is 0 Å². The highest BCUT2D eigenvalue weighted by molar-refractivity contribution is 7.46. The van der Waals surface area contributed by atoms with Crippen molar-refractivity contribution < 1.29 is 13.8 Å². The molecule has 0 aliphatic heterocycles.